The van der Waals surface area contributed by atoms with Gasteiger partial charge in [-0.15, -0.1) is 0 Å². The van der Waals surface area contributed by atoms with Crippen molar-refractivity contribution in [2.75, 3.05) is 0 Å². The van der Waals surface area contributed by atoms with Crippen LogP contribution in [0.1, 0.15) is 20.8 Å². The zero-order valence-electron chi connectivity index (χ0n) is 13.1. The first-order chi connectivity index (χ1) is 10.6. The van der Waals surface area contributed by atoms with Gasteiger partial charge < -0.3 is 0 Å². The van der Waals surface area contributed by atoms with E-state index < -0.39 is 0 Å². The highest BCUT2D eigenvalue weighted by Gasteiger charge is 2.12. The first-order valence-corrected chi connectivity index (χ1v) is 7.38. The Hall–Kier alpha value is -2.68. The highest BCUT2D eigenvalue weighted by molar-refractivity contribution is 5.96. The molecule has 110 valence electrons. The van der Waals surface area contributed by atoms with Crippen LogP contribution in [0.4, 0.5) is 5.82 Å². The van der Waals surface area contributed by atoms with E-state index in [0.717, 1.165) is 28.4 Å². The van der Waals surface area contributed by atoms with Crippen LogP contribution in [0.3, 0.4) is 0 Å². The Balaban J connectivity index is 2.24. The molecule has 0 aliphatic heterocycles. The van der Waals surface area contributed by atoms with Crippen molar-refractivity contribution in [1.82, 2.24) is 9.38 Å². The smallest absolute Gasteiger partial charge is 0.165 e. The van der Waals surface area contributed by atoms with Crippen LogP contribution >= 0.6 is 0 Å². The molecule has 0 aliphatic rings. The first kappa shape index (κ1) is 14.3. The number of pyridine rings is 1. The molecule has 3 rings (SSSR count). The van der Waals surface area contributed by atoms with E-state index in [1.165, 1.54) is 5.57 Å². The largest absolute Gasteiger partial charge is 0.284 e. The molecule has 0 saturated carbocycles. The predicted octanol–water partition coefficient (Wildman–Crippen LogP) is 5.06. The van der Waals surface area contributed by atoms with Gasteiger partial charge in [-0.05, 0) is 39.0 Å². The van der Waals surface area contributed by atoms with Gasteiger partial charge in [-0.25, -0.2) is 9.98 Å². The fourth-order valence-electron chi connectivity index (χ4n) is 2.50. The van der Waals surface area contributed by atoms with Crippen molar-refractivity contribution in [1.29, 1.82) is 0 Å². The molecule has 0 N–H and O–H groups in total. The lowest BCUT2D eigenvalue weighted by Crippen LogP contribution is -1.89. The number of benzene rings is 1. The molecule has 0 bridgehead atoms. The lowest BCUT2D eigenvalue weighted by Gasteiger charge is -2.01. The van der Waals surface area contributed by atoms with Crippen LogP contribution in [-0.2, 0) is 0 Å². The molecule has 0 fully saturated rings. The number of nitrogens with zero attached hydrogens (tertiary/aromatic N) is 3. The van der Waals surface area contributed by atoms with Gasteiger partial charge in [0.25, 0.3) is 0 Å². The summed E-state index contributed by atoms with van der Waals surface area (Å²) < 4.78 is 2.03. The normalized spacial score (nSPS) is 11.7. The van der Waals surface area contributed by atoms with Gasteiger partial charge in [-0.3, -0.25) is 4.40 Å². The van der Waals surface area contributed by atoms with Crippen LogP contribution in [0.2, 0.25) is 0 Å². The zero-order chi connectivity index (χ0) is 15.5. The molecule has 0 radical (unpaired) electrons. The third-order valence-corrected chi connectivity index (χ3v) is 3.33. The van der Waals surface area contributed by atoms with Crippen LogP contribution < -0.4 is 0 Å². The predicted molar refractivity (Wildman–Crippen MR) is 92.8 cm³/mol. The Morgan fingerprint density at radius 2 is 1.73 bits per heavy atom. The average molecular weight is 289 g/mol. The number of allylic oxidation sites excluding steroid dienone is 2. The molecule has 3 nitrogen and oxygen atoms in total. The standard InChI is InChI=1S/C19H19N3/c1-14(2)13-15(3)20-19-18(16-9-5-4-6-10-16)21-17-11-7-8-12-22(17)19/h4-13H,1-3H3/b20-15+. The quantitative estimate of drug-likeness (QED) is 0.620. The summed E-state index contributed by atoms with van der Waals surface area (Å²) in [5.74, 6) is 0.872. The van der Waals surface area contributed by atoms with Gasteiger partial charge in [-0.1, -0.05) is 42.0 Å². The minimum absolute atomic E-state index is 0.872. The number of imidazole rings is 1. The van der Waals surface area contributed by atoms with Gasteiger partial charge in [-0.2, -0.15) is 0 Å². The number of fused-ring (bicyclic) bond motifs is 1. The van der Waals surface area contributed by atoms with E-state index in [1.807, 2.05) is 53.9 Å². The molecular formula is C19H19N3. The summed E-state index contributed by atoms with van der Waals surface area (Å²) in [7, 11) is 0. The van der Waals surface area contributed by atoms with Gasteiger partial charge >= 0.3 is 0 Å². The third kappa shape index (κ3) is 2.84. The van der Waals surface area contributed by atoms with Crippen molar-refractivity contribution in [2.45, 2.75) is 20.8 Å². The van der Waals surface area contributed by atoms with E-state index >= 15 is 0 Å². The summed E-state index contributed by atoms with van der Waals surface area (Å²) in [6.45, 7) is 6.17. The topological polar surface area (TPSA) is 29.7 Å². The summed E-state index contributed by atoms with van der Waals surface area (Å²) >= 11 is 0. The van der Waals surface area contributed by atoms with Crippen LogP contribution in [0, 0.1) is 0 Å². The highest BCUT2D eigenvalue weighted by atomic mass is 15.1. The molecule has 2 heterocycles. The minimum Gasteiger partial charge on any atom is -0.284 e. The Bertz CT molecular complexity index is 851. The second kappa shape index (κ2) is 5.98. The average Bonchev–Trinajstić information content (AvgIpc) is 2.86. The van der Waals surface area contributed by atoms with E-state index in [-0.39, 0.29) is 0 Å². The molecule has 0 atom stereocenters. The van der Waals surface area contributed by atoms with E-state index in [4.69, 9.17) is 9.98 Å². The van der Waals surface area contributed by atoms with E-state index in [0.29, 0.717) is 0 Å². The van der Waals surface area contributed by atoms with Gasteiger partial charge in [0.1, 0.15) is 11.3 Å². The SMILES string of the molecule is CC(C)=C/C(C)=N/c1c(-c2ccccc2)nc2ccccn12. The minimum atomic E-state index is 0.872. The summed E-state index contributed by atoms with van der Waals surface area (Å²) in [4.78, 5) is 9.55. The van der Waals surface area contributed by atoms with Crippen molar-refractivity contribution < 1.29 is 0 Å². The monoisotopic (exact) mass is 289 g/mol. The summed E-state index contributed by atoms with van der Waals surface area (Å²) in [6.07, 6.45) is 4.08. The number of rotatable bonds is 3. The zero-order valence-corrected chi connectivity index (χ0v) is 13.1. The van der Waals surface area contributed by atoms with Crippen LogP contribution in [0.5, 0.6) is 0 Å². The van der Waals surface area contributed by atoms with Crippen molar-refractivity contribution in [3.63, 3.8) is 0 Å². The molecule has 1 aromatic carbocycles. The van der Waals surface area contributed by atoms with Crippen LogP contribution in [0.15, 0.2) is 71.4 Å². The maximum Gasteiger partial charge on any atom is 0.165 e. The second-order valence-corrected chi connectivity index (χ2v) is 5.55. The molecule has 22 heavy (non-hydrogen) atoms. The third-order valence-electron chi connectivity index (χ3n) is 3.33. The Labute approximate surface area is 130 Å². The Kier molecular flexibility index (Phi) is 3.88. The fourth-order valence-corrected chi connectivity index (χ4v) is 2.50. The van der Waals surface area contributed by atoms with Crippen molar-refractivity contribution in [3.05, 3.63) is 66.4 Å². The van der Waals surface area contributed by atoms with Crippen molar-refractivity contribution in [2.24, 2.45) is 4.99 Å². The van der Waals surface area contributed by atoms with Gasteiger partial charge in [0.15, 0.2) is 5.82 Å². The lowest BCUT2D eigenvalue weighted by atomic mass is 10.1. The van der Waals surface area contributed by atoms with E-state index in [9.17, 15) is 0 Å². The van der Waals surface area contributed by atoms with Crippen LogP contribution in [0.25, 0.3) is 16.9 Å². The molecule has 0 amide bonds. The van der Waals surface area contributed by atoms with Gasteiger partial charge in [0.05, 0.1) is 0 Å². The Morgan fingerprint density at radius 1 is 1.00 bits per heavy atom. The molecule has 2 aromatic heterocycles. The molecule has 0 saturated heterocycles. The van der Waals surface area contributed by atoms with Crippen molar-refractivity contribution in [3.8, 4) is 11.3 Å². The first-order valence-electron chi connectivity index (χ1n) is 7.38. The fraction of sp³-hybridized carbons (Fsp3) is 0.158. The lowest BCUT2D eigenvalue weighted by molar-refractivity contribution is 1.16. The summed E-state index contributed by atoms with van der Waals surface area (Å²) in [5.41, 5.74) is 5.10. The number of aromatic nitrogens is 2. The molecule has 0 aliphatic carbocycles. The summed E-state index contributed by atoms with van der Waals surface area (Å²) in [6, 6.07) is 16.2. The number of hydrogen-bond acceptors (Lipinski definition) is 2. The van der Waals surface area contributed by atoms with Gasteiger partial charge in [0.2, 0.25) is 0 Å². The Morgan fingerprint density at radius 3 is 2.45 bits per heavy atom. The van der Waals surface area contributed by atoms with Gasteiger partial charge in [0, 0.05) is 17.5 Å². The molecule has 3 heteroatoms. The highest BCUT2D eigenvalue weighted by Crippen LogP contribution is 2.31. The maximum absolute atomic E-state index is 4.80. The molecular weight excluding hydrogens is 270 g/mol. The van der Waals surface area contributed by atoms with Crippen LogP contribution in [-0.4, -0.2) is 15.1 Å². The summed E-state index contributed by atoms with van der Waals surface area (Å²) in [5, 5.41) is 0. The number of aliphatic imine (C=N–C) groups is 1. The van der Waals surface area contributed by atoms with E-state index in [2.05, 4.69) is 32.1 Å². The number of hydrogen-bond donors (Lipinski definition) is 0. The maximum atomic E-state index is 4.80. The molecule has 0 unspecified atom stereocenters. The second-order valence-electron chi connectivity index (χ2n) is 5.55. The molecule has 3 aromatic rings. The molecule has 0 spiro atoms. The van der Waals surface area contributed by atoms with E-state index in [1.54, 1.807) is 0 Å². The van der Waals surface area contributed by atoms with Crippen molar-refractivity contribution >= 4 is 17.2 Å².